The molecule has 0 aliphatic rings. The molecule has 1 N–H and O–H groups in total. The molecule has 1 unspecified atom stereocenters. The summed E-state index contributed by atoms with van der Waals surface area (Å²) in [5.74, 6) is -0.127. The van der Waals surface area contributed by atoms with Crippen molar-refractivity contribution in [2.45, 2.75) is 38.1 Å². The summed E-state index contributed by atoms with van der Waals surface area (Å²) in [6, 6.07) is 8.78. The topological polar surface area (TPSA) is 79.4 Å². The number of carbonyl (C=O) groups excluding carboxylic acids is 1. The lowest BCUT2D eigenvalue weighted by atomic mass is 10.1. The van der Waals surface area contributed by atoms with E-state index in [0.717, 1.165) is 11.1 Å². The van der Waals surface area contributed by atoms with E-state index in [1.54, 1.807) is 43.4 Å². The largest absolute Gasteiger partial charge is 0.339 e. The first-order valence-corrected chi connectivity index (χ1v) is 9.93. The Morgan fingerprint density at radius 2 is 1.85 bits per heavy atom. The quantitative estimate of drug-likeness (QED) is 0.807. The molecule has 26 heavy (non-hydrogen) atoms. The summed E-state index contributed by atoms with van der Waals surface area (Å²) in [7, 11) is -1.92. The zero-order valence-electron chi connectivity index (χ0n) is 15.6. The van der Waals surface area contributed by atoms with E-state index in [4.69, 9.17) is 0 Å². The average Bonchev–Trinajstić information content (AvgIpc) is 2.60. The normalized spacial score (nSPS) is 12.6. The predicted octanol–water partition coefficient (Wildman–Crippen LogP) is 2.59. The number of carbonyl (C=O) groups is 1. The first-order valence-electron chi connectivity index (χ1n) is 8.45. The van der Waals surface area contributed by atoms with Crippen molar-refractivity contribution in [2.75, 3.05) is 13.6 Å². The van der Waals surface area contributed by atoms with Gasteiger partial charge in [0.1, 0.15) is 0 Å². The molecule has 7 heteroatoms. The second-order valence-electron chi connectivity index (χ2n) is 6.38. The Kier molecular flexibility index (Phi) is 6.50. The van der Waals surface area contributed by atoms with Gasteiger partial charge < -0.3 is 4.90 Å². The van der Waals surface area contributed by atoms with Crippen molar-refractivity contribution < 1.29 is 13.2 Å². The van der Waals surface area contributed by atoms with Gasteiger partial charge in [0.25, 0.3) is 0 Å². The van der Waals surface area contributed by atoms with Crippen molar-refractivity contribution in [1.82, 2.24) is 14.6 Å². The molecule has 0 aliphatic carbocycles. The summed E-state index contributed by atoms with van der Waals surface area (Å²) < 4.78 is 27.4. The van der Waals surface area contributed by atoms with Crippen LogP contribution in [0.3, 0.4) is 0 Å². The van der Waals surface area contributed by atoms with Gasteiger partial charge in [0.15, 0.2) is 0 Å². The highest BCUT2D eigenvalue weighted by molar-refractivity contribution is 7.89. The first-order chi connectivity index (χ1) is 12.2. The van der Waals surface area contributed by atoms with Crippen molar-refractivity contribution >= 4 is 15.9 Å². The molecule has 0 radical (unpaired) electrons. The molecule has 6 nitrogen and oxygen atoms in total. The summed E-state index contributed by atoms with van der Waals surface area (Å²) in [6.07, 6.45) is 3.46. The van der Waals surface area contributed by atoms with Gasteiger partial charge in [-0.2, -0.15) is 0 Å². The maximum atomic E-state index is 12.4. The number of pyridine rings is 1. The number of sulfonamides is 1. The van der Waals surface area contributed by atoms with Crippen LogP contribution >= 0.6 is 0 Å². The molecule has 0 fully saturated rings. The number of hydrogen-bond acceptors (Lipinski definition) is 4. The highest BCUT2D eigenvalue weighted by atomic mass is 32.2. The van der Waals surface area contributed by atoms with Gasteiger partial charge in [0.05, 0.1) is 10.9 Å². The lowest BCUT2D eigenvalue weighted by Crippen LogP contribution is -2.33. The monoisotopic (exact) mass is 375 g/mol. The third-order valence-corrected chi connectivity index (χ3v) is 6.03. The summed E-state index contributed by atoms with van der Waals surface area (Å²) in [5.41, 5.74) is 2.67. The van der Waals surface area contributed by atoms with E-state index in [9.17, 15) is 13.2 Å². The third kappa shape index (κ3) is 4.89. The molecule has 140 valence electrons. The summed E-state index contributed by atoms with van der Waals surface area (Å²) >= 11 is 0. The molecule has 0 saturated carbocycles. The third-order valence-electron chi connectivity index (χ3n) is 4.41. The number of benzene rings is 1. The lowest BCUT2D eigenvalue weighted by molar-refractivity contribution is -0.131. The zero-order valence-corrected chi connectivity index (χ0v) is 16.4. The first kappa shape index (κ1) is 20.1. The Hall–Kier alpha value is -2.25. The minimum atomic E-state index is -3.63. The standard InChI is InChI=1S/C19H25N3O3S/c1-14-5-6-18(15(2)13-14)26(24,25)21-12-9-19(23)22(4)16(3)17-7-10-20-11-8-17/h5-8,10-11,13,16,21H,9,12H2,1-4H3. The van der Waals surface area contributed by atoms with E-state index in [1.807, 2.05) is 32.0 Å². The molecule has 2 aromatic rings. The van der Waals surface area contributed by atoms with Gasteiger partial charge in [-0.05, 0) is 50.1 Å². The molecule has 1 amide bonds. The molecule has 1 aromatic heterocycles. The van der Waals surface area contributed by atoms with Gasteiger partial charge in [0.2, 0.25) is 15.9 Å². The molecule has 2 rings (SSSR count). The van der Waals surface area contributed by atoms with Crippen LogP contribution in [0.1, 0.15) is 36.1 Å². The maximum absolute atomic E-state index is 12.4. The van der Waals surface area contributed by atoms with Crippen molar-refractivity contribution in [3.05, 3.63) is 59.4 Å². The average molecular weight is 375 g/mol. The number of hydrogen-bond donors (Lipinski definition) is 1. The number of aryl methyl sites for hydroxylation is 2. The fourth-order valence-corrected chi connectivity index (χ4v) is 3.99. The van der Waals surface area contributed by atoms with Gasteiger partial charge in [-0.25, -0.2) is 13.1 Å². The Bertz CT molecular complexity index is 867. The van der Waals surface area contributed by atoms with Crippen LogP contribution in [0.25, 0.3) is 0 Å². The van der Waals surface area contributed by atoms with E-state index >= 15 is 0 Å². The smallest absolute Gasteiger partial charge is 0.240 e. The summed E-state index contributed by atoms with van der Waals surface area (Å²) in [4.78, 5) is 18.2. The van der Waals surface area contributed by atoms with E-state index in [2.05, 4.69) is 9.71 Å². The van der Waals surface area contributed by atoms with Crippen LogP contribution in [0.5, 0.6) is 0 Å². The minimum Gasteiger partial charge on any atom is -0.339 e. The summed E-state index contributed by atoms with van der Waals surface area (Å²) in [5, 5.41) is 0. The summed E-state index contributed by atoms with van der Waals surface area (Å²) in [6.45, 7) is 5.65. The highest BCUT2D eigenvalue weighted by Crippen LogP contribution is 2.19. The maximum Gasteiger partial charge on any atom is 0.240 e. The van der Waals surface area contributed by atoms with E-state index in [-0.39, 0.29) is 29.8 Å². The van der Waals surface area contributed by atoms with Crippen molar-refractivity contribution in [2.24, 2.45) is 0 Å². The molecular weight excluding hydrogens is 350 g/mol. The van der Waals surface area contributed by atoms with E-state index in [1.165, 1.54) is 0 Å². The van der Waals surface area contributed by atoms with Crippen LogP contribution in [0.4, 0.5) is 0 Å². The number of rotatable bonds is 7. The SMILES string of the molecule is Cc1ccc(S(=O)(=O)NCCC(=O)N(C)C(C)c2ccncc2)c(C)c1. The lowest BCUT2D eigenvalue weighted by Gasteiger charge is -2.25. The zero-order chi connectivity index (χ0) is 19.3. The highest BCUT2D eigenvalue weighted by Gasteiger charge is 2.20. The molecular formula is C19H25N3O3S. The van der Waals surface area contributed by atoms with Crippen LogP contribution in [0, 0.1) is 13.8 Å². The van der Waals surface area contributed by atoms with E-state index < -0.39 is 10.0 Å². The number of nitrogens with one attached hydrogen (secondary N) is 1. The van der Waals surface area contributed by atoms with Crippen LogP contribution in [0.15, 0.2) is 47.6 Å². The number of aromatic nitrogens is 1. The van der Waals surface area contributed by atoms with Crippen molar-refractivity contribution in [1.29, 1.82) is 0 Å². The van der Waals surface area contributed by atoms with Gasteiger partial charge >= 0.3 is 0 Å². The molecule has 0 saturated heterocycles. The van der Waals surface area contributed by atoms with Crippen LogP contribution in [-0.2, 0) is 14.8 Å². The number of nitrogens with zero attached hydrogens (tertiary/aromatic N) is 2. The second kappa shape index (κ2) is 8.42. The molecule has 1 heterocycles. The fourth-order valence-electron chi connectivity index (χ4n) is 2.73. The van der Waals surface area contributed by atoms with Crippen LogP contribution in [0.2, 0.25) is 0 Å². The van der Waals surface area contributed by atoms with Crippen LogP contribution in [-0.4, -0.2) is 37.8 Å². The van der Waals surface area contributed by atoms with Crippen molar-refractivity contribution in [3.63, 3.8) is 0 Å². The minimum absolute atomic E-state index is 0.0574. The van der Waals surface area contributed by atoms with Gasteiger partial charge in [-0.3, -0.25) is 9.78 Å². The van der Waals surface area contributed by atoms with Gasteiger partial charge in [0, 0.05) is 32.4 Å². The molecule has 0 aliphatic heterocycles. The predicted molar refractivity (Wildman–Crippen MR) is 101 cm³/mol. The van der Waals surface area contributed by atoms with Crippen LogP contribution < -0.4 is 4.72 Å². The molecule has 1 aromatic carbocycles. The van der Waals surface area contributed by atoms with Gasteiger partial charge in [-0.15, -0.1) is 0 Å². The van der Waals surface area contributed by atoms with E-state index in [0.29, 0.717) is 5.56 Å². The Morgan fingerprint density at radius 3 is 2.46 bits per heavy atom. The number of amides is 1. The molecule has 0 spiro atoms. The van der Waals surface area contributed by atoms with Crippen molar-refractivity contribution in [3.8, 4) is 0 Å². The Balaban J connectivity index is 1.95. The Morgan fingerprint density at radius 1 is 1.19 bits per heavy atom. The van der Waals surface area contributed by atoms with Gasteiger partial charge in [-0.1, -0.05) is 17.7 Å². The second-order valence-corrected chi connectivity index (χ2v) is 8.11. The molecule has 0 bridgehead atoms. The Labute approximate surface area is 155 Å². The fraction of sp³-hybridized carbons (Fsp3) is 0.368. The molecule has 1 atom stereocenters.